The Balaban J connectivity index is 2.62. The molecule has 0 saturated carbocycles. The van der Waals surface area contributed by atoms with Crippen molar-refractivity contribution in [2.24, 2.45) is 0 Å². The Bertz CT molecular complexity index is 225. The summed E-state index contributed by atoms with van der Waals surface area (Å²) in [5, 5.41) is 3.03. The summed E-state index contributed by atoms with van der Waals surface area (Å²) in [6, 6.07) is 3.46. The van der Waals surface area contributed by atoms with Crippen LogP contribution in [0.15, 0.2) is 18.3 Å². The van der Waals surface area contributed by atoms with Crippen molar-refractivity contribution in [3.8, 4) is 0 Å². The second kappa shape index (κ2) is 4.03. The Morgan fingerprint density at radius 1 is 1.64 bits per heavy atom. The van der Waals surface area contributed by atoms with Crippen LogP contribution in [0.4, 0.5) is 4.39 Å². The maximum atomic E-state index is 12.8. The monoisotopic (exact) mass is 154 g/mol. The van der Waals surface area contributed by atoms with E-state index in [-0.39, 0.29) is 5.95 Å². The second-order valence-electron chi connectivity index (χ2n) is 2.23. The summed E-state index contributed by atoms with van der Waals surface area (Å²) < 4.78 is 12.8. The number of pyridine rings is 1. The van der Waals surface area contributed by atoms with Gasteiger partial charge in [0.15, 0.2) is 0 Å². The van der Waals surface area contributed by atoms with Crippen LogP contribution in [-0.4, -0.2) is 11.5 Å². The molecular formula is C8H11FN2. The minimum absolute atomic E-state index is 0.381. The third kappa shape index (κ3) is 2.27. The lowest BCUT2D eigenvalue weighted by Crippen LogP contribution is -2.13. The lowest BCUT2D eigenvalue weighted by atomic mass is 10.3. The Hall–Kier alpha value is -0.960. The molecule has 0 spiro atoms. The van der Waals surface area contributed by atoms with Gasteiger partial charge in [0.2, 0.25) is 5.95 Å². The zero-order valence-corrected chi connectivity index (χ0v) is 6.47. The van der Waals surface area contributed by atoms with Gasteiger partial charge in [-0.2, -0.15) is 4.39 Å². The minimum Gasteiger partial charge on any atom is -0.313 e. The molecule has 1 aromatic heterocycles. The summed E-state index contributed by atoms with van der Waals surface area (Å²) in [7, 11) is 0. The van der Waals surface area contributed by atoms with Crippen molar-refractivity contribution in [1.82, 2.24) is 10.3 Å². The Labute approximate surface area is 65.5 Å². The molecule has 0 aliphatic carbocycles. The van der Waals surface area contributed by atoms with Crippen molar-refractivity contribution < 1.29 is 4.39 Å². The van der Waals surface area contributed by atoms with Crippen molar-refractivity contribution in [2.45, 2.75) is 13.5 Å². The summed E-state index contributed by atoms with van der Waals surface area (Å²) in [5.74, 6) is -0.381. The highest BCUT2D eigenvalue weighted by atomic mass is 19.1. The molecule has 0 aliphatic rings. The van der Waals surface area contributed by atoms with Crippen molar-refractivity contribution in [1.29, 1.82) is 0 Å². The number of rotatable bonds is 3. The van der Waals surface area contributed by atoms with Crippen molar-refractivity contribution in [3.63, 3.8) is 0 Å². The van der Waals surface area contributed by atoms with E-state index in [9.17, 15) is 4.39 Å². The minimum atomic E-state index is -0.381. The standard InChI is InChI=1S/C8H11FN2/c1-2-10-6-7-4-3-5-11-8(7)9/h3-5,10H,2,6H2,1H3. The van der Waals surface area contributed by atoms with Gasteiger partial charge in [-0.05, 0) is 12.6 Å². The first-order chi connectivity index (χ1) is 5.34. The van der Waals surface area contributed by atoms with E-state index in [0.29, 0.717) is 12.1 Å². The van der Waals surface area contributed by atoms with Gasteiger partial charge in [-0.25, -0.2) is 4.98 Å². The van der Waals surface area contributed by atoms with Gasteiger partial charge in [-0.1, -0.05) is 13.0 Å². The number of nitrogens with one attached hydrogen (secondary N) is 1. The zero-order valence-electron chi connectivity index (χ0n) is 6.47. The molecule has 0 unspecified atom stereocenters. The van der Waals surface area contributed by atoms with Crippen molar-refractivity contribution in [2.75, 3.05) is 6.54 Å². The van der Waals surface area contributed by atoms with Gasteiger partial charge in [0.05, 0.1) is 0 Å². The number of hydrogen-bond acceptors (Lipinski definition) is 2. The fourth-order valence-corrected chi connectivity index (χ4v) is 0.811. The summed E-state index contributed by atoms with van der Waals surface area (Å²) in [6.07, 6.45) is 1.45. The smallest absolute Gasteiger partial charge is 0.217 e. The summed E-state index contributed by atoms with van der Waals surface area (Å²) in [5.41, 5.74) is 0.620. The molecule has 0 radical (unpaired) electrons. The van der Waals surface area contributed by atoms with Crippen LogP contribution in [-0.2, 0) is 6.54 Å². The average Bonchev–Trinajstić information content (AvgIpc) is 2.03. The number of aromatic nitrogens is 1. The largest absolute Gasteiger partial charge is 0.313 e. The summed E-state index contributed by atoms with van der Waals surface area (Å²) >= 11 is 0. The van der Waals surface area contributed by atoms with E-state index in [2.05, 4.69) is 10.3 Å². The second-order valence-corrected chi connectivity index (χ2v) is 2.23. The van der Waals surface area contributed by atoms with Crippen molar-refractivity contribution in [3.05, 3.63) is 29.8 Å². The van der Waals surface area contributed by atoms with Gasteiger partial charge in [-0.3, -0.25) is 0 Å². The summed E-state index contributed by atoms with van der Waals surface area (Å²) in [6.45, 7) is 3.37. The molecule has 1 rings (SSSR count). The van der Waals surface area contributed by atoms with E-state index in [1.54, 1.807) is 12.1 Å². The number of nitrogens with zero attached hydrogens (tertiary/aromatic N) is 1. The van der Waals surface area contributed by atoms with E-state index >= 15 is 0 Å². The van der Waals surface area contributed by atoms with Gasteiger partial charge in [-0.15, -0.1) is 0 Å². The van der Waals surface area contributed by atoms with Gasteiger partial charge in [0.1, 0.15) is 0 Å². The molecular weight excluding hydrogens is 143 g/mol. The van der Waals surface area contributed by atoms with E-state index in [1.807, 2.05) is 6.92 Å². The lowest BCUT2D eigenvalue weighted by Gasteiger charge is -2.00. The van der Waals surface area contributed by atoms with E-state index in [4.69, 9.17) is 0 Å². The predicted octanol–water partition coefficient (Wildman–Crippen LogP) is 1.33. The molecule has 3 heteroatoms. The first-order valence-electron chi connectivity index (χ1n) is 3.64. The lowest BCUT2D eigenvalue weighted by molar-refractivity contribution is 0.554. The normalized spacial score (nSPS) is 10.0. The highest BCUT2D eigenvalue weighted by molar-refractivity contribution is 5.09. The molecule has 0 saturated heterocycles. The van der Waals surface area contributed by atoms with Crippen LogP contribution in [0.5, 0.6) is 0 Å². The molecule has 0 fully saturated rings. The quantitative estimate of drug-likeness (QED) is 0.664. The molecule has 0 aliphatic heterocycles. The van der Waals surface area contributed by atoms with Crippen LogP contribution in [0, 0.1) is 5.95 Å². The fraction of sp³-hybridized carbons (Fsp3) is 0.375. The maximum absolute atomic E-state index is 12.8. The zero-order chi connectivity index (χ0) is 8.10. The first-order valence-corrected chi connectivity index (χ1v) is 3.64. The number of hydrogen-bond donors (Lipinski definition) is 1. The molecule has 1 heterocycles. The van der Waals surface area contributed by atoms with E-state index in [0.717, 1.165) is 6.54 Å². The van der Waals surface area contributed by atoms with Crippen LogP contribution in [0.2, 0.25) is 0 Å². The average molecular weight is 154 g/mol. The van der Waals surface area contributed by atoms with E-state index in [1.165, 1.54) is 6.20 Å². The van der Waals surface area contributed by atoms with Gasteiger partial charge in [0, 0.05) is 18.3 Å². The Morgan fingerprint density at radius 2 is 2.45 bits per heavy atom. The molecule has 0 aromatic carbocycles. The van der Waals surface area contributed by atoms with Gasteiger partial charge < -0.3 is 5.32 Å². The molecule has 0 amide bonds. The molecule has 0 atom stereocenters. The molecule has 2 nitrogen and oxygen atoms in total. The Morgan fingerprint density at radius 3 is 3.09 bits per heavy atom. The summed E-state index contributed by atoms with van der Waals surface area (Å²) in [4.78, 5) is 3.53. The van der Waals surface area contributed by atoms with Gasteiger partial charge in [0.25, 0.3) is 0 Å². The third-order valence-electron chi connectivity index (χ3n) is 1.40. The predicted molar refractivity (Wildman–Crippen MR) is 41.6 cm³/mol. The number of halogens is 1. The van der Waals surface area contributed by atoms with Crippen LogP contribution in [0.1, 0.15) is 12.5 Å². The Kier molecular flexibility index (Phi) is 2.98. The highest BCUT2D eigenvalue weighted by Crippen LogP contribution is 2.01. The van der Waals surface area contributed by atoms with Crippen LogP contribution >= 0.6 is 0 Å². The van der Waals surface area contributed by atoms with Gasteiger partial charge >= 0.3 is 0 Å². The molecule has 1 aromatic rings. The topological polar surface area (TPSA) is 24.9 Å². The first kappa shape index (κ1) is 8.14. The SMILES string of the molecule is CCNCc1cccnc1F. The van der Waals surface area contributed by atoms with Crippen LogP contribution < -0.4 is 5.32 Å². The highest BCUT2D eigenvalue weighted by Gasteiger charge is 1.98. The van der Waals surface area contributed by atoms with E-state index < -0.39 is 0 Å². The van der Waals surface area contributed by atoms with Crippen LogP contribution in [0.25, 0.3) is 0 Å². The third-order valence-corrected chi connectivity index (χ3v) is 1.40. The molecule has 60 valence electrons. The van der Waals surface area contributed by atoms with Crippen LogP contribution in [0.3, 0.4) is 0 Å². The molecule has 0 bridgehead atoms. The molecule has 1 N–H and O–H groups in total. The van der Waals surface area contributed by atoms with Crippen molar-refractivity contribution >= 4 is 0 Å². The molecule has 11 heavy (non-hydrogen) atoms. The fourth-order valence-electron chi connectivity index (χ4n) is 0.811. The maximum Gasteiger partial charge on any atom is 0.217 e.